The zero-order valence-electron chi connectivity index (χ0n) is 35.9. The van der Waals surface area contributed by atoms with Crippen molar-refractivity contribution in [1.82, 2.24) is 18.7 Å². The Morgan fingerprint density at radius 1 is 0.462 bits per heavy atom. The van der Waals surface area contributed by atoms with Crippen LogP contribution in [0.2, 0.25) is 0 Å². The van der Waals surface area contributed by atoms with E-state index in [1.807, 2.05) is 6.92 Å². The first-order valence-corrected chi connectivity index (χ1v) is 22.1. The van der Waals surface area contributed by atoms with Crippen molar-refractivity contribution >= 4 is 78.7 Å². The molecule has 308 valence electrons. The first-order valence-electron chi connectivity index (χ1n) is 22.1. The average molecular weight is 834 g/mol. The number of fused-ring (bicyclic) bond motifs is 8. The van der Waals surface area contributed by atoms with Gasteiger partial charge in [0.1, 0.15) is 11.6 Å². The Labute approximate surface area is 376 Å². The molecule has 0 spiro atoms. The van der Waals surface area contributed by atoms with Crippen LogP contribution < -0.4 is 15.9 Å². The molecule has 1 N–H and O–H groups in total. The average Bonchev–Trinajstić information content (AvgIpc) is 3.98. The number of benzene rings is 8. The topological polar surface area (TPSA) is 39.7 Å². The van der Waals surface area contributed by atoms with Crippen molar-refractivity contribution in [2.75, 3.05) is 5.32 Å². The molecule has 0 aliphatic heterocycles. The van der Waals surface area contributed by atoms with E-state index in [9.17, 15) is 0 Å². The van der Waals surface area contributed by atoms with Crippen LogP contribution in [-0.4, -0.2) is 18.7 Å². The van der Waals surface area contributed by atoms with E-state index in [2.05, 4.69) is 250 Å². The number of para-hydroxylation sites is 5. The Balaban J connectivity index is 1.09. The minimum atomic E-state index is 0.741. The normalized spacial score (nSPS) is 12.2. The Hall–Kier alpha value is -8.67. The molecule has 0 atom stereocenters. The highest BCUT2D eigenvalue weighted by Crippen LogP contribution is 2.40. The van der Waals surface area contributed by atoms with E-state index < -0.39 is 0 Å². The van der Waals surface area contributed by atoms with Gasteiger partial charge in [-0.2, -0.15) is 0 Å². The van der Waals surface area contributed by atoms with Crippen molar-refractivity contribution < 1.29 is 0 Å². The highest BCUT2D eigenvalue weighted by atomic mass is 15.1. The Kier molecular flexibility index (Phi) is 9.13. The van der Waals surface area contributed by atoms with Crippen molar-refractivity contribution in [3.05, 3.63) is 229 Å². The van der Waals surface area contributed by atoms with Crippen LogP contribution in [0, 0.1) is 0 Å². The lowest BCUT2D eigenvalue weighted by Crippen LogP contribution is -2.27. The van der Waals surface area contributed by atoms with Crippen molar-refractivity contribution in [3.8, 4) is 39.4 Å². The number of nitrogens with zero attached hydrogens (tertiary/aromatic N) is 4. The molecule has 0 unspecified atom stereocenters. The van der Waals surface area contributed by atoms with Crippen molar-refractivity contribution in [3.63, 3.8) is 0 Å². The smallest absolute Gasteiger partial charge is 0.140 e. The molecule has 65 heavy (non-hydrogen) atoms. The van der Waals surface area contributed by atoms with Gasteiger partial charge in [-0.1, -0.05) is 164 Å². The summed E-state index contributed by atoms with van der Waals surface area (Å²) in [6, 6.07) is 73.4. The fraction of sp³-hybridized carbons (Fsp3) is 0.0167. The van der Waals surface area contributed by atoms with Gasteiger partial charge in [-0.25, -0.2) is 4.98 Å². The number of allylic oxidation sites excluding steroid dienone is 2. The summed E-state index contributed by atoms with van der Waals surface area (Å²) in [6.45, 7) is 6.73. The molecule has 0 amide bonds. The van der Waals surface area contributed by atoms with Crippen molar-refractivity contribution in [2.45, 2.75) is 6.92 Å². The summed E-state index contributed by atoms with van der Waals surface area (Å²) in [7, 11) is 0. The van der Waals surface area contributed by atoms with Gasteiger partial charge in [-0.15, -0.1) is 0 Å². The Morgan fingerprint density at radius 2 is 1.03 bits per heavy atom. The Bertz CT molecular complexity index is 3930. The van der Waals surface area contributed by atoms with E-state index in [1.165, 1.54) is 16.3 Å². The second-order valence-corrected chi connectivity index (χ2v) is 16.5. The standard InChI is InChI=1S/C60H43N5/c1-3-4-30-53-40(2)46-35-36-51-49-28-16-19-32-55(49)65(60(51)59(46)64(53)45-24-12-7-13-25-45)58-39-43(41-20-8-5-9-21-41)38-57(62-58)61-52-29-17-14-26-47(52)42-33-34-50-48-27-15-18-31-54(48)63(56(50)37-42)44-22-10-6-11-23-44/h3-39H,2H2,1H3,(H,61,62)/b4-3-,53-30+. The van der Waals surface area contributed by atoms with Gasteiger partial charge in [-0.05, 0) is 90.4 Å². The lowest BCUT2D eigenvalue weighted by molar-refractivity contribution is 1.05. The minimum Gasteiger partial charge on any atom is -0.340 e. The molecule has 12 rings (SSSR count). The number of rotatable bonds is 8. The molecule has 4 aromatic heterocycles. The fourth-order valence-corrected chi connectivity index (χ4v) is 9.82. The third kappa shape index (κ3) is 6.28. The number of anilines is 2. The zero-order chi connectivity index (χ0) is 43.4. The van der Waals surface area contributed by atoms with Gasteiger partial charge in [0.05, 0.1) is 32.9 Å². The lowest BCUT2D eigenvalue weighted by atomic mass is 10.0. The van der Waals surface area contributed by atoms with Crippen molar-refractivity contribution in [2.24, 2.45) is 0 Å². The van der Waals surface area contributed by atoms with E-state index in [-0.39, 0.29) is 0 Å². The molecule has 0 radical (unpaired) electrons. The van der Waals surface area contributed by atoms with Gasteiger partial charge in [0, 0.05) is 54.8 Å². The van der Waals surface area contributed by atoms with Gasteiger partial charge in [0.2, 0.25) is 0 Å². The van der Waals surface area contributed by atoms with Gasteiger partial charge >= 0.3 is 0 Å². The Morgan fingerprint density at radius 3 is 1.77 bits per heavy atom. The van der Waals surface area contributed by atoms with E-state index in [4.69, 9.17) is 4.98 Å². The molecule has 0 saturated heterocycles. The molecule has 5 heteroatoms. The molecule has 12 aromatic rings. The van der Waals surface area contributed by atoms with E-state index >= 15 is 0 Å². The highest BCUT2D eigenvalue weighted by Gasteiger charge is 2.22. The maximum Gasteiger partial charge on any atom is 0.140 e. The third-order valence-corrected chi connectivity index (χ3v) is 12.7. The summed E-state index contributed by atoms with van der Waals surface area (Å²) in [4.78, 5) is 5.56. The van der Waals surface area contributed by atoms with E-state index in [0.29, 0.717) is 0 Å². The van der Waals surface area contributed by atoms with Gasteiger partial charge in [0.15, 0.2) is 0 Å². The molecule has 5 nitrogen and oxygen atoms in total. The lowest BCUT2D eigenvalue weighted by Gasteiger charge is -2.17. The van der Waals surface area contributed by atoms with E-state index in [0.717, 1.165) is 99.7 Å². The van der Waals surface area contributed by atoms with Crippen LogP contribution in [0.3, 0.4) is 0 Å². The first-order chi connectivity index (χ1) is 32.1. The van der Waals surface area contributed by atoms with Gasteiger partial charge in [0.25, 0.3) is 0 Å². The van der Waals surface area contributed by atoms with Crippen LogP contribution in [0.4, 0.5) is 11.5 Å². The SMILES string of the molecule is C=c1/c(=C\C=C/C)n(-c2ccccc2)c2c1ccc1c3ccccc3n(-c3cc(-c4ccccc4)cc(Nc4ccccc4-c4ccc5c6ccccc6n(-c6ccccc6)c5c4)n3)c12. The predicted octanol–water partition coefficient (Wildman–Crippen LogP) is 14.1. The molecule has 0 fully saturated rings. The molecule has 0 aliphatic rings. The third-order valence-electron chi connectivity index (χ3n) is 12.7. The molecule has 4 heterocycles. The van der Waals surface area contributed by atoms with Crippen LogP contribution in [0.15, 0.2) is 218 Å². The summed E-state index contributed by atoms with van der Waals surface area (Å²) < 4.78 is 7.09. The molecule has 0 aliphatic carbocycles. The monoisotopic (exact) mass is 833 g/mol. The van der Waals surface area contributed by atoms with Gasteiger partial charge < -0.3 is 14.5 Å². The number of hydrogen-bond donors (Lipinski definition) is 1. The first kappa shape index (κ1) is 38.0. The highest BCUT2D eigenvalue weighted by molar-refractivity contribution is 6.18. The van der Waals surface area contributed by atoms with Crippen LogP contribution in [0.5, 0.6) is 0 Å². The summed E-state index contributed by atoms with van der Waals surface area (Å²) >= 11 is 0. The van der Waals surface area contributed by atoms with Crippen LogP contribution in [0.25, 0.3) is 107 Å². The summed E-state index contributed by atoms with van der Waals surface area (Å²) in [5.74, 6) is 1.55. The van der Waals surface area contributed by atoms with Crippen LogP contribution in [-0.2, 0) is 0 Å². The number of nitrogens with one attached hydrogen (secondary N) is 1. The number of hydrogen-bond acceptors (Lipinski definition) is 2. The van der Waals surface area contributed by atoms with E-state index in [1.54, 1.807) is 0 Å². The summed E-state index contributed by atoms with van der Waals surface area (Å²) in [6.07, 6.45) is 6.32. The predicted molar refractivity (Wildman–Crippen MR) is 274 cm³/mol. The zero-order valence-corrected chi connectivity index (χ0v) is 35.9. The molecule has 0 bridgehead atoms. The quantitative estimate of drug-likeness (QED) is 0.166. The molecule has 0 saturated carbocycles. The fourth-order valence-electron chi connectivity index (χ4n) is 9.82. The second kappa shape index (κ2) is 15.6. The van der Waals surface area contributed by atoms with Crippen LogP contribution >= 0.6 is 0 Å². The summed E-state index contributed by atoms with van der Waals surface area (Å²) in [5, 5.41) is 11.7. The van der Waals surface area contributed by atoms with Crippen molar-refractivity contribution in [1.29, 1.82) is 0 Å². The number of pyridine rings is 1. The maximum absolute atomic E-state index is 5.56. The second-order valence-electron chi connectivity index (χ2n) is 16.5. The molecular formula is C60H43N5. The summed E-state index contributed by atoms with van der Waals surface area (Å²) in [5.41, 5.74) is 13.1. The van der Waals surface area contributed by atoms with Crippen LogP contribution in [0.1, 0.15) is 6.92 Å². The molecular weight excluding hydrogens is 791 g/mol. The van der Waals surface area contributed by atoms with Gasteiger partial charge in [-0.3, -0.25) is 4.57 Å². The largest absolute Gasteiger partial charge is 0.340 e. The maximum atomic E-state index is 5.56. The number of aromatic nitrogens is 4. The minimum absolute atomic E-state index is 0.741. The molecule has 8 aromatic carbocycles.